The number of aromatic amines is 1. The lowest BCUT2D eigenvalue weighted by atomic mass is 10.2. The van der Waals surface area contributed by atoms with E-state index in [0.717, 1.165) is 5.56 Å². The molecule has 26 heavy (non-hydrogen) atoms. The summed E-state index contributed by atoms with van der Waals surface area (Å²) in [5.74, 6) is 1.28. The van der Waals surface area contributed by atoms with E-state index in [9.17, 15) is 13.2 Å². The van der Waals surface area contributed by atoms with Gasteiger partial charge in [-0.2, -0.15) is 13.2 Å². The molecule has 0 atom stereocenters. The van der Waals surface area contributed by atoms with Crippen LogP contribution in [0.1, 0.15) is 0 Å². The van der Waals surface area contributed by atoms with E-state index in [4.69, 9.17) is 9.15 Å². The number of rotatable bonds is 4. The number of aromatic nitrogens is 3. The van der Waals surface area contributed by atoms with Crippen molar-refractivity contribution in [3.63, 3.8) is 0 Å². The average molecular weight is 359 g/mol. The largest absolute Gasteiger partial charge is 0.484 e. The zero-order valence-electron chi connectivity index (χ0n) is 13.2. The third-order valence-corrected chi connectivity index (χ3v) is 3.65. The minimum atomic E-state index is -4.39. The highest BCUT2D eigenvalue weighted by molar-refractivity contribution is 5.80. The smallest absolute Gasteiger partial charge is 0.422 e. The van der Waals surface area contributed by atoms with Crippen LogP contribution in [0, 0.1) is 0 Å². The van der Waals surface area contributed by atoms with Crippen LogP contribution in [0.3, 0.4) is 0 Å². The molecule has 3 heterocycles. The molecule has 0 aliphatic rings. The molecule has 0 radical (unpaired) electrons. The molecule has 0 spiro atoms. The molecule has 0 aliphatic carbocycles. The molecule has 0 saturated carbocycles. The van der Waals surface area contributed by atoms with E-state index in [1.54, 1.807) is 30.7 Å². The van der Waals surface area contributed by atoms with Crippen molar-refractivity contribution < 1.29 is 22.3 Å². The van der Waals surface area contributed by atoms with E-state index in [1.807, 2.05) is 12.1 Å². The first-order valence-electron chi connectivity index (χ1n) is 7.67. The van der Waals surface area contributed by atoms with Crippen molar-refractivity contribution in [2.45, 2.75) is 6.18 Å². The summed E-state index contributed by atoms with van der Waals surface area (Å²) in [6, 6.07) is 11.7. The highest BCUT2D eigenvalue weighted by Gasteiger charge is 2.28. The number of fused-ring (bicyclic) bond motifs is 1. The maximum absolute atomic E-state index is 12.3. The van der Waals surface area contributed by atoms with Crippen molar-refractivity contribution in [3.8, 4) is 28.5 Å². The van der Waals surface area contributed by atoms with Crippen molar-refractivity contribution in [1.29, 1.82) is 0 Å². The Bertz CT molecular complexity index is 1040. The second-order valence-corrected chi connectivity index (χ2v) is 5.59. The van der Waals surface area contributed by atoms with Gasteiger partial charge in [0.25, 0.3) is 0 Å². The quantitative estimate of drug-likeness (QED) is 0.567. The fraction of sp³-hybridized carbons (Fsp3) is 0.111. The summed E-state index contributed by atoms with van der Waals surface area (Å²) < 4.78 is 47.0. The van der Waals surface area contributed by atoms with Crippen LogP contribution in [0.25, 0.3) is 33.9 Å². The Morgan fingerprint density at radius 3 is 2.73 bits per heavy atom. The van der Waals surface area contributed by atoms with Crippen LogP contribution in [-0.4, -0.2) is 27.7 Å². The Morgan fingerprint density at radius 1 is 1.08 bits per heavy atom. The lowest BCUT2D eigenvalue weighted by Crippen LogP contribution is -2.19. The van der Waals surface area contributed by atoms with E-state index >= 15 is 0 Å². The van der Waals surface area contributed by atoms with Gasteiger partial charge in [-0.1, -0.05) is 12.1 Å². The Kier molecular flexibility index (Phi) is 3.87. The Balaban J connectivity index is 1.64. The maximum atomic E-state index is 12.3. The number of halogens is 3. The van der Waals surface area contributed by atoms with Gasteiger partial charge in [-0.05, 0) is 30.3 Å². The summed E-state index contributed by atoms with van der Waals surface area (Å²) in [7, 11) is 0. The second-order valence-electron chi connectivity index (χ2n) is 5.59. The summed E-state index contributed by atoms with van der Waals surface area (Å²) in [5.41, 5.74) is 2.58. The van der Waals surface area contributed by atoms with Gasteiger partial charge in [-0.3, -0.25) is 0 Å². The number of hydrogen-bond donors (Lipinski definition) is 1. The summed E-state index contributed by atoms with van der Waals surface area (Å²) in [6.07, 6.45) is -1.17. The number of alkyl halides is 3. The van der Waals surface area contributed by atoms with E-state index in [1.165, 1.54) is 12.1 Å². The molecule has 4 aromatic rings. The number of nitrogens with zero attached hydrogens (tertiary/aromatic N) is 2. The molecule has 8 heteroatoms. The molecule has 3 aromatic heterocycles. The van der Waals surface area contributed by atoms with E-state index < -0.39 is 12.8 Å². The zero-order valence-corrected chi connectivity index (χ0v) is 13.2. The molecule has 5 nitrogen and oxygen atoms in total. The van der Waals surface area contributed by atoms with Crippen molar-refractivity contribution in [2.24, 2.45) is 0 Å². The first-order valence-corrected chi connectivity index (χ1v) is 7.67. The third kappa shape index (κ3) is 3.39. The van der Waals surface area contributed by atoms with Crippen LogP contribution in [0.4, 0.5) is 13.2 Å². The minimum absolute atomic E-state index is 0.115. The van der Waals surface area contributed by atoms with Crippen LogP contribution in [0.2, 0.25) is 0 Å². The highest BCUT2D eigenvalue weighted by Crippen LogP contribution is 2.27. The maximum Gasteiger partial charge on any atom is 0.422 e. The molecule has 0 unspecified atom stereocenters. The summed E-state index contributed by atoms with van der Waals surface area (Å²) in [6.45, 7) is -1.34. The van der Waals surface area contributed by atoms with E-state index in [2.05, 4.69) is 15.0 Å². The lowest BCUT2D eigenvalue weighted by Gasteiger charge is -2.09. The summed E-state index contributed by atoms with van der Waals surface area (Å²) in [4.78, 5) is 11.8. The van der Waals surface area contributed by atoms with Crippen LogP contribution in [-0.2, 0) is 0 Å². The summed E-state index contributed by atoms with van der Waals surface area (Å²) in [5, 5.41) is 0. The Hall–Kier alpha value is -3.29. The number of H-pyrrole nitrogens is 1. The van der Waals surface area contributed by atoms with Gasteiger partial charge in [0.1, 0.15) is 17.3 Å². The molecule has 0 fully saturated rings. The van der Waals surface area contributed by atoms with Gasteiger partial charge in [0.05, 0.1) is 11.8 Å². The molecule has 1 N–H and O–H groups in total. The van der Waals surface area contributed by atoms with Crippen molar-refractivity contribution in [3.05, 3.63) is 54.9 Å². The van der Waals surface area contributed by atoms with Gasteiger partial charge < -0.3 is 14.1 Å². The molecule has 1 aromatic carbocycles. The minimum Gasteiger partial charge on any atom is -0.484 e. The van der Waals surface area contributed by atoms with Gasteiger partial charge in [-0.15, -0.1) is 0 Å². The zero-order chi connectivity index (χ0) is 18.1. The standard InChI is InChI=1S/C18H12F3N3O2/c19-18(20,21)10-26-13-4-1-3-11(7-13)16-23-14-8-12(9-22-17(14)24-16)15-5-2-6-25-15/h1-9H,10H2,(H,22,23,24). The first kappa shape index (κ1) is 16.2. The second kappa shape index (κ2) is 6.21. The topological polar surface area (TPSA) is 63.9 Å². The van der Waals surface area contributed by atoms with Gasteiger partial charge in [0.15, 0.2) is 12.3 Å². The number of hydrogen-bond acceptors (Lipinski definition) is 4. The van der Waals surface area contributed by atoms with Crippen LogP contribution < -0.4 is 4.74 Å². The average Bonchev–Trinajstić information content (AvgIpc) is 3.28. The van der Waals surface area contributed by atoms with Crippen molar-refractivity contribution in [1.82, 2.24) is 15.0 Å². The Morgan fingerprint density at radius 2 is 1.96 bits per heavy atom. The van der Waals surface area contributed by atoms with Crippen LogP contribution in [0.15, 0.2) is 59.3 Å². The molecule has 0 amide bonds. The molecular weight excluding hydrogens is 347 g/mol. The monoisotopic (exact) mass is 359 g/mol. The predicted molar refractivity (Wildman–Crippen MR) is 88.6 cm³/mol. The normalized spacial score (nSPS) is 11.8. The van der Waals surface area contributed by atoms with Crippen LogP contribution >= 0.6 is 0 Å². The number of benzene rings is 1. The lowest BCUT2D eigenvalue weighted by molar-refractivity contribution is -0.153. The fourth-order valence-corrected chi connectivity index (χ4v) is 2.51. The molecule has 0 bridgehead atoms. The van der Waals surface area contributed by atoms with Gasteiger partial charge in [-0.25, -0.2) is 9.97 Å². The van der Waals surface area contributed by atoms with Crippen molar-refractivity contribution in [2.75, 3.05) is 6.61 Å². The van der Waals surface area contributed by atoms with E-state index in [0.29, 0.717) is 28.3 Å². The van der Waals surface area contributed by atoms with Crippen LogP contribution in [0.5, 0.6) is 5.75 Å². The number of furan rings is 1. The summed E-state index contributed by atoms with van der Waals surface area (Å²) >= 11 is 0. The van der Waals surface area contributed by atoms with Gasteiger partial charge >= 0.3 is 6.18 Å². The number of imidazole rings is 1. The highest BCUT2D eigenvalue weighted by atomic mass is 19.4. The molecule has 0 aliphatic heterocycles. The molecular formula is C18H12F3N3O2. The number of ether oxygens (including phenoxy) is 1. The number of nitrogens with one attached hydrogen (secondary N) is 1. The first-order chi connectivity index (χ1) is 12.5. The molecule has 132 valence electrons. The van der Waals surface area contributed by atoms with Crippen molar-refractivity contribution >= 4 is 11.2 Å². The number of pyridine rings is 1. The molecule has 0 saturated heterocycles. The Labute approximate surface area is 145 Å². The SMILES string of the molecule is FC(F)(F)COc1cccc(-c2nc3ncc(-c4ccco4)cc3[nH]2)c1. The van der Waals surface area contributed by atoms with Gasteiger partial charge in [0.2, 0.25) is 0 Å². The van der Waals surface area contributed by atoms with Gasteiger partial charge in [0, 0.05) is 17.3 Å². The predicted octanol–water partition coefficient (Wildman–Crippen LogP) is 4.83. The van der Waals surface area contributed by atoms with E-state index in [-0.39, 0.29) is 5.75 Å². The third-order valence-electron chi connectivity index (χ3n) is 3.65. The fourth-order valence-electron chi connectivity index (χ4n) is 2.51. The molecule has 4 rings (SSSR count).